The molecule has 208 valence electrons. The molecule has 3 rings (SSSR count). The Morgan fingerprint density at radius 2 is 1.65 bits per heavy atom. The first-order chi connectivity index (χ1) is 16.8. The number of fused-ring (bicyclic) bond motifs is 1. The number of ether oxygens (including phenoxy) is 1. The van der Waals surface area contributed by atoms with Crippen molar-refractivity contribution >= 4 is 52.8 Å². The summed E-state index contributed by atoms with van der Waals surface area (Å²) in [6.45, 7) is 10.6. The van der Waals surface area contributed by atoms with Gasteiger partial charge in [-0.1, -0.05) is 40.0 Å². The van der Waals surface area contributed by atoms with E-state index in [0.29, 0.717) is 6.42 Å². The number of piperidine rings is 1. The van der Waals surface area contributed by atoms with E-state index in [1.54, 1.807) is 41.5 Å². The van der Waals surface area contributed by atoms with Crippen molar-refractivity contribution in [1.82, 2.24) is 15.5 Å². The Morgan fingerprint density at radius 3 is 2.11 bits per heavy atom. The average molecular weight is 562 g/mol. The summed E-state index contributed by atoms with van der Waals surface area (Å²) in [4.78, 5) is 65.4. The van der Waals surface area contributed by atoms with E-state index < -0.39 is 69.0 Å². The van der Waals surface area contributed by atoms with E-state index in [2.05, 4.69) is 10.6 Å². The number of nitrogens with two attached hydrogens (primary N) is 1. The Labute approximate surface area is 227 Å². The van der Waals surface area contributed by atoms with Crippen molar-refractivity contribution in [1.29, 1.82) is 0 Å². The number of halogens is 2. The summed E-state index contributed by atoms with van der Waals surface area (Å²) in [5, 5.41) is 5.31. The van der Waals surface area contributed by atoms with Crippen LogP contribution in [-0.4, -0.2) is 69.1 Å². The molecule has 2 saturated carbocycles. The molecule has 0 bridgehead atoms. The van der Waals surface area contributed by atoms with Crippen molar-refractivity contribution in [2.45, 2.75) is 95.3 Å². The number of carbonyl (C=O) groups excluding carboxylic acids is 5. The smallest absolute Gasteiger partial charge is 0.408 e. The van der Waals surface area contributed by atoms with E-state index >= 15 is 0 Å². The van der Waals surface area contributed by atoms with Gasteiger partial charge in [-0.25, -0.2) is 4.79 Å². The van der Waals surface area contributed by atoms with Crippen molar-refractivity contribution in [2.75, 3.05) is 6.54 Å². The zero-order valence-electron chi connectivity index (χ0n) is 22.2. The maximum absolute atomic E-state index is 13.8. The first-order valence-corrected chi connectivity index (χ1v) is 13.4. The molecule has 5 atom stereocenters. The van der Waals surface area contributed by atoms with Gasteiger partial charge in [-0.05, 0) is 38.5 Å². The summed E-state index contributed by atoms with van der Waals surface area (Å²) in [6.07, 6.45) is 2.34. The zero-order chi connectivity index (χ0) is 28.1. The molecular formula is C25H38Cl2N4O6. The Kier molecular flexibility index (Phi) is 8.16. The number of hydrogen-bond acceptors (Lipinski definition) is 6. The number of ketones is 1. The Balaban J connectivity index is 1.83. The summed E-state index contributed by atoms with van der Waals surface area (Å²) in [5.74, 6) is -3.85. The summed E-state index contributed by atoms with van der Waals surface area (Å²) < 4.78 is 4.14. The minimum Gasteiger partial charge on any atom is -0.444 e. The molecule has 2 aliphatic carbocycles. The van der Waals surface area contributed by atoms with E-state index in [4.69, 9.17) is 33.7 Å². The molecule has 0 aromatic heterocycles. The number of alkyl halides is 2. The largest absolute Gasteiger partial charge is 0.444 e. The molecule has 1 aliphatic heterocycles. The van der Waals surface area contributed by atoms with Crippen LogP contribution in [0.15, 0.2) is 0 Å². The van der Waals surface area contributed by atoms with Crippen LogP contribution in [0.1, 0.15) is 67.2 Å². The molecule has 0 unspecified atom stereocenters. The van der Waals surface area contributed by atoms with Crippen molar-refractivity contribution in [3.63, 3.8) is 0 Å². The first kappa shape index (κ1) is 29.5. The van der Waals surface area contributed by atoms with Gasteiger partial charge < -0.3 is 26.0 Å². The summed E-state index contributed by atoms with van der Waals surface area (Å²) in [7, 11) is 0. The molecule has 0 aromatic rings. The third-order valence-electron chi connectivity index (χ3n) is 7.33. The zero-order valence-corrected chi connectivity index (χ0v) is 23.7. The molecule has 3 aliphatic rings. The fourth-order valence-electron chi connectivity index (χ4n) is 5.10. The number of rotatable bonds is 8. The fourth-order valence-corrected chi connectivity index (χ4v) is 5.92. The van der Waals surface area contributed by atoms with Gasteiger partial charge in [-0.3, -0.25) is 19.2 Å². The summed E-state index contributed by atoms with van der Waals surface area (Å²) in [5.41, 5.74) is 3.74. The monoisotopic (exact) mass is 560 g/mol. The number of nitrogens with one attached hydrogen (secondary N) is 2. The van der Waals surface area contributed by atoms with Gasteiger partial charge in [0.05, 0.1) is 6.04 Å². The average Bonchev–Trinajstić information content (AvgIpc) is 3.06. The molecule has 4 amide bonds. The molecule has 12 heteroatoms. The van der Waals surface area contributed by atoms with E-state index in [9.17, 15) is 24.0 Å². The number of hydrogen-bond donors (Lipinski definition) is 3. The van der Waals surface area contributed by atoms with Gasteiger partial charge in [0.2, 0.25) is 17.6 Å². The highest BCUT2D eigenvalue weighted by Crippen LogP contribution is 2.65. The van der Waals surface area contributed by atoms with Crippen molar-refractivity contribution < 1.29 is 28.7 Å². The van der Waals surface area contributed by atoms with Gasteiger partial charge in [0.25, 0.3) is 5.91 Å². The quantitative estimate of drug-likeness (QED) is 0.306. The van der Waals surface area contributed by atoms with Crippen LogP contribution in [0.2, 0.25) is 0 Å². The highest BCUT2D eigenvalue weighted by Gasteiger charge is 2.74. The highest BCUT2D eigenvalue weighted by molar-refractivity contribution is 6.51. The summed E-state index contributed by atoms with van der Waals surface area (Å²) in [6, 6.07) is -3.20. The summed E-state index contributed by atoms with van der Waals surface area (Å²) >= 11 is 12.9. The highest BCUT2D eigenvalue weighted by atomic mass is 35.5. The lowest BCUT2D eigenvalue weighted by Gasteiger charge is -2.37. The Hall–Kier alpha value is -2.07. The third-order valence-corrected chi connectivity index (χ3v) is 8.39. The minimum atomic E-state index is -1.20. The molecule has 0 spiro atoms. The lowest BCUT2D eigenvalue weighted by Crippen LogP contribution is -2.61. The number of alkyl carbamates (subject to hydrolysis) is 1. The molecule has 10 nitrogen and oxygen atoms in total. The molecule has 0 radical (unpaired) electrons. The van der Waals surface area contributed by atoms with Gasteiger partial charge in [-0.2, -0.15) is 0 Å². The minimum absolute atomic E-state index is 0.105. The maximum Gasteiger partial charge on any atom is 0.408 e. The number of likely N-dealkylation sites (tertiary alicyclic amines) is 1. The van der Waals surface area contributed by atoms with Gasteiger partial charge in [0.1, 0.15) is 22.0 Å². The Morgan fingerprint density at radius 1 is 1.05 bits per heavy atom. The van der Waals surface area contributed by atoms with Crippen molar-refractivity contribution in [3.8, 4) is 0 Å². The predicted octanol–water partition coefficient (Wildman–Crippen LogP) is 2.29. The van der Waals surface area contributed by atoms with E-state index in [1.807, 2.05) is 0 Å². The molecular weight excluding hydrogens is 523 g/mol. The number of Topliss-reactive ketones (excluding diaryl/α,β-unsaturated/α-hetero) is 1. The second-order valence-electron chi connectivity index (χ2n) is 12.5. The molecule has 37 heavy (non-hydrogen) atoms. The maximum atomic E-state index is 13.8. The lowest BCUT2D eigenvalue weighted by atomic mass is 9.80. The van der Waals surface area contributed by atoms with Crippen LogP contribution < -0.4 is 16.4 Å². The topological polar surface area (TPSA) is 148 Å². The number of nitrogens with zero attached hydrogens (tertiary/aromatic N) is 1. The van der Waals surface area contributed by atoms with Crippen LogP contribution in [-0.2, 0) is 23.9 Å². The molecule has 0 aromatic carbocycles. The second kappa shape index (κ2) is 10.2. The third kappa shape index (κ3) is 6.50. The standard InChI is InChI=1S/C25H38Cl2N4O6/c1-23(2,3)18(30-22(36)37-24(4,5)6)21(35)31-11-13-15(25(13,26)27)16(31)20(34)29-14(17(32)19(28)33)10-12-8-7-9-12/h12-16,18H,7-11H2,1-6H3,(H2,28,33)(H,29,34)(H,30,36)/t13-,14+,15-,16-,18+/m0/s1. The molecule has 1 saturated heterocycles. The van der Waals surface area contributed by atoms with Crippen LogP contribution in [0.5, 0.6) is 0 Å². The van der Waals surface area contributed by atoms with Crippen molar-refractivity contribution in [2.24, 2.45) is 28.9 Å². The van der Waals surface area contributed by atoms with E-state index in [0.717, 1.165) is 19.3 Å². The van der Waals surface area contributed by atoms with Crippen LogP contribution >= 0.6 is 23.2 Å². The van der Waals surface area contributed by atoms with Crippen LogP contribution in [0.4, 0.5) is 4.79 Å². The van der Waals surface area contributed by atoms with E-state index in [-0.39, 0.29) is 18.4 Å². The van der Waals surface area contributed by atoms with Gasteiger partial charge >= 0.3 is 6.09 Å². The predicted molar refractivity (Wildman–Crippen MR) is 138 cm³/mol. The number of primary amides is 1. The van der Waals surface area contributed by atoms with Crippen LogP contribution in [0.3, 0.4) is 0 Å². The normalized spacial score (nSPS) is 26.3. The van der Waals surface area contributed by atoms with Crippen LogP contribution in [0, 0.1) is 23.2 Å². The fraction of sp³-hybridized carbons (Fsp3) is 0.800. The SMILES string of the molecule is CC(C)(C)OC(=O)N[C@H](C(=O)N1C[C@H]2[C@@H]([C@H]1C(=O)N[C@H](CC1CCC1)C(=O)C(N)=O)C2(Cl)Cl)C(C)(C)C. The van der Waals surface area contributed by atoms with Crippen molar-refractivity contribution in [3.05, 3.63) is 0 Å². The number of amides is 4. The lowest BCUT2D eigenvalue weighted by molar-refractivity contribution is -0.144. The van der Waals surface area contributed by atoms with Gasteiger partial charge in [0, 0.05) is 18.4 Å². The van der Waals surface area contributed by atoms with E-state index in [1.165, 1.54) is 4.90 Å². The van der Waals surface area contributed by atoms with Crippen LogP contribution in [0.25, 0.3) is 0 Å². The van der Waals surface area contributed by atoms with Gasteiger partial charge in [0.15, 0.2) is 0 Å². The second-order valence-corrected chi connectivity index (χ2v) is 14.0. The molecule has 3 fully saturated rings. The number of carbonyl (C=O) groups is 5. The Bertz CT molecular complexity index is 969. The molecule has 4 N–H and O–H groups in total. The first-order valence-electron chi connectivity index (χ1n) is 12.7. The molecule has 1 heterocycles. The van der Waals surface area contributed by atoms with Gasteiger partial charge in [-0.15, -0.1) is 23.2 Å².